The number of H-pyrrole nitrogens is 1. The predicted octanol–water partition coefficient (Wildman–Crippen LogP) is 1.58. The number of aryl methyl sites for hydroxylation is 1. The molecule has 0 bridgehead atoms. The average molecular weight is 258 g/mol. The van der Waals surface area contributed by atoms with E-state index in [1.165, 1.54) is 0 Å². The number of phenols is 1. The number of aromatic nitrogens is 2. The van der Waals surface area contributed by atoms with Crippen LogP contribution in [0.4, 0.5) is 0 Å². The number of aromatic hydroxyl groups is 1. The SMILES string of the molecule is C/C(=N/NC(=O)c1cc(C)[nH]n1)c1ccccc1O. The first-order chi connectivity index (χ1) is 9.08. The molecule has 1 heterocycles. The van der Waals surface area contributed by atoms with Gasteiger partial charge in [-0.05, 0) is 32.0 Å². The van der Waals surface area contributed by atoms with Crippen molar-refractivity contribution in [1.82, 2.24) is 15.6 Å². The van der Waals surface area contributed by atoms with Crippen molar-refractivity contribution in [2.24, 2.45) is 5.10 Å². The van der Waals surface area contributed by atoms with Gasteiger partial charge in [0.1, 0.15) is 5.75 Å². The van der Waals surface area contributed by atoms with Crippen molar-refractivity contribution in [2.75, 3.05) is 0 Å². The first-order valence-corrected chi connectivity index (χ1v) is 5.73. The van der Waals surface area contributed by atoms with Crippen molar-refractivity contribution in [2.45, 2.75) is 13.8 Å². The minimum Gasteiger partial charge on any atom is -0.507 e. The zero-order valence-corrected chi connectivity index (χ0v) is 10.6. The number of phenolic OH excluding ortho intramolecular Hbond substituents is 1. The number of nitrogens with zero attached hydrogens (tertiary/aromatic N) is 2. The summed E-state index contributed by atoms with van der Waals surface area (Å²) in [6.45, 7) is 3.51. The molecule has 2 aromatic rings. The Bertz CT molecular complexity index is 631. The third-order valence-electron chi connectivity index (χ3n) is 2.56. The molecule has 1 amide bonds. The van der Waals surface area contributed by atoms with Gasteiger partial charge in [0.15, 0.2) is 5.69 Å². The van der Waals surface area contributed by atoms with Gasteiger partial charge >= 0.3 is 0 Å². The number of para-hydroxylation sites is 1. The second-order valence-corrected chi connectivity index (χ2v) is 4.09. The Morgan fingerprint density at radius 1 is 1.42 bits per heavy atom. The van der Waals surface area contributed by atoms with Gasteiger partial charge in [-0.1, -0.05) is 12.1 Å². The highest BCUT2D eigenvalue weighted by molar-refractivity contribution is 6.02. The summed E-state index contributed by atoms with van der Waals surface area (Å²) >= 11 is 0. The number of amides is 1. The smallest absolute Gasteiger partial charge is 0.291 e. The molecule has 1 aromatic carbocycles. The first kappa shape index (κ1) is 12.8. The maximum atomic E-state index is 11.7. The van der Waals surface area contributed by atoms with Crippen LogP contribution in [0.1, 0.15) is 28.7 Å². The number of hydrogen-bond acceptors (Lipinski definition) is 4. The van der Waals surface area contributed by atoms with Gasteiger partial charge in [-0.25, -0.2) is 5.43 Å². The topological polar surface area (TPSA) is 90.4 Å². The van der Waals surface area contributed by atoms with E-state index in [9.17, 15) is 9.90 Å². The summed E-state index contributed by atoms with van der Waals surface area (Å²) in [5.74, 6) is -0.285. The maximum Gasteiger partial charge on any atom is 0.291 e. The van der Waals surface area contributed by atoms with Crippen molar-refractivity contribution >= 4 is 11.6 Å². The van der Waals surface area contributed by atoms with E-state index in [-0.39, 0.29) is 11.4 Å². The van der Waals surface area contributed by atoms with Crippen LogP contribution < -0.4 is 5.43 Å². The Balaban J connectivity index is 2.11. The zero-order valence-electron chi connectivity index (χ0n) is 10.6. The van der Waals surface area contributed by atoms with Gasteiger partial charge in [0.2, 0.25) is 0 Å². The molecule has 1 aromatic heterocycles. The van der Waals surface area contributed by atoms with Crippen LogP contribution in [0.25, 0.3) is 0 Å². The van der Waals surface area contributed by atoms with E-state index in [2.05, 4.69) is 20.7 Å². The second-order valence-electron chi connectivity index (χ2n) is 4.09. The van der Waals surface area contributed by atoms with Gasteiger partial charge < -0.3 is 5.11 Å². The molecule has 0 spiro atoms. The maximum absolute atomic E-state index is 11.7. The Morgan fingerprint density at radius 2 is 2.16 bits per heavy atom. The number of rotatable bonds is 3. The number of carbonyl (C=O) groups excluding carboxylic acids is 1. The van der Waals surface area contributed by atoms with Gasteiger partial charge in [0.25, 0.3) is 5.91 Å². The molecule has 2 rings (SSSR count). The first-order valence-electron chi connectivity index (χ1n) is 5.73. The van der Waals surface area contributed by atoms with Crippen molar-refractivity contribution in [1.29, 1.82) is 0 Å². The number of hydrogen-bond donors (Lipinski definition) is 3. The summed E-state index contributed by atoms with van der Waals surface area (Å²) in [4.78, 5) is 11.7. The fraction of sp³-hybridized carbons (Fsp3) is 0.154. The van der Waals surface area contributed by atoms with Gasteiger partial charge in [-0.2, -0.15) is 10.2 Å². The summed E-state index contributed by atoms with van der Waals surface area (Å²) in [5.41, 5.74) is 4.54. The van der Waals surface area contributed by atoms with Crippen LogP contribution >= 0.6 is 0 Å². The summed E-state index contributed by atoms with van der Waals surface area (Å²) in [7, 11) is 0. The highest BCUT2D eigenvalue weighted by Gasteiger charge is 2.09. The van der Waals surface area contributed by atoms with Gasteiger partial charge in [0.05, 0.1) is 5.71 Å². The molecule has 0 unspecified atom stereocenters. The highest BCUT2D eigenvalue weighted by Crippen LogP contribution is 2.16. The Hall–Kier alpha value is -2.63. The molecule has 0 atom stereocenters. The standard InChI is InChI=1S/C13H14N4O2/c1-8-7-11(16-14-8)13(19)17-15-9(2)10-5-3-4-6-12(10)18/h3-7,18H,1-2H3,(H,14,16)(H,17,19)/b15-9-. The third kappa shape index (κ3) is 2.98. The lowest BCUT2D eigenvalue weighted by Gasteiger charge is -2.03. The lowest BCUT2D eigenvalue weighted by Crippen LogP contribution is -2.19. The molecule has 0 aliphatic heterocycles. The molecular formula is C13H14N4O2. The minimum atomic E-state index is -0.404. The van der Waals surface area contributed by atoms with Crippen LogP contribution in [0.5, 0.6) is 5.75 Å². The molecule has 0 aliphatic carbocycles. The molecule has 0 aliphatic rings. The quantitative estimate of drug-likeness (QED) is 0.576. The summed E-state index contributed by atoms with van der Waals surface area (Å²) in [6.07, 6.45) is 0. The second kappa shape index (κ2) is 5.34. The van der Waals surface area contributed by atoms with Crippen molar-refractivity contribution < 1.29 is 9.90 Å². The van der Waals surface area contributed by atoms with Crippen LogP contribution in [-0.2, 0) is 0 Å². The predicted molar refractivity (Wildman–Crippen MR) is 71.1 cm³/mol. The highest BCUT2D eigenvalue weighted by atomic mass is 16.3. The molecule has 6 nitrogen and oxygen atoms in total. The molecule has 0 radical (unpaired) electrons. The number of aromatic amines is 1. The normalized spacial score (nSPS) is 11.4. The molecule has 0 fully saturated rings. The minimum absolute atomic E-state index is 0.119. The fourth-order valence-electron chi connectivity index (χ4n) is 1.57. The molecular weight excluding hydrogens is 244 g/mol. The lowest BCUT2D eigenvalue weighted by molar-refractivity contribution is 0.0950. The van der Waals surface area contributed by atoms with Crippen LogP contribution in [0.3, 0.4) is 0 Å². The van der Waals surface area contributed by atoms with E-state index in [1.54, 1.807) is 44.2 Å². The monoisotopic (exact) mass is 258 g/mol. The average Bonchev–Trinajstić information content (AvgIpc) is 2.83. The van der Waals surface area contributed by atoms with Gasteiger partial charge in [0, 0.05) is 11.3 Å². The Kier molecular flexibility index (Phi) is 3.61. The molecule has 6 heteroatoms. The number of hydrazone groups is 1. The van der Waals surface area contributed by atoms with Crippen LogP contribution in [0.2, 0.25) is 0 Å². The largest absolute Gasteiger partial charge is 0.507 e. The summed E-state index contributed by atoms with van der Waals surface area (Å²) in [5, 5.41) is 20.1. The summed E-state index contributed by atoms with van der Waals surface area (Å²) in [6, 6.07) is 8.41. The molecule has 0 saturated heterocycles. The fourth-order valence-corrected chi connectivity index (χ4v) is 1.57. The van der Waals surface area contributed by atoms with E-state index in [4.69, 9.17) is 0 Å². The Morgan fingerprint density at radius 3 is 2.79 bits per heavy atom. The molecule has 19 heavy (non-hydrogen) atoms. The van der Waals surface area contributed by atoms with E-state index < -0.39 is 5.91 Å². The van der Waals surface area contributed by atoms with E-state index in [1.807, 2.05) is 0 Å². The van der Waals surface area contributed by atoms with Crippen molar-refractivity contribution in [3.05, 3.63) is 47.3 Å². The number of benzene rings is 1. The van der Waals surface area contributed by atoms with Gasteiger partial charge in [-0.3, -0.25) is 9.89 Å². The van der Waals surface area contributed by atoms with Gasteiger partial charge in [-0.15, -0.1) is 0 Å². The van der Waals surface area contributed by atoms with Crippen LogP contribution in [-0.4, -0.2) is 26.9 Å². The van der Waals surface area contributed by atoms with Crippen molar-refractivity contribution in [3.63, 3.8) is 0 Å². The zero-order chi connectivity index (χ0) is 13.8. The molecule has 3 N–H and O–H groups in total. The lowest BCUT2D eigenvalue weighted by atomic mass is 10.1. The third-order valence-corrected chi connectivity index (χ3v) is 2.56. The number of nitrogens with one attached hydrogen (secondary N) is 2. The van der Waals surface area contributed by atoms with Crippen LogP contribution in [0, 0.1) is 6.92 Å². The number of carbonyl (C=O) groups is 1. The Labute approximate surface area is 110 Å². The molecule has 98 valence electrons. The van der Waals surface area contributed by atoms with E-state index >= 15 is 0 Å². The molecule has 0 saturated carbocycles. The van der Waals surface area contributed by atoms with Crippen molar-refractivity contribution in [3.8, 4) is 5.75 Å². The van der Waals surface area contributed by atoms with E-state index in [0.717, 1.165) is 5.69 Å². The summed E-state index contributed by atoms with van der Waals surface area (Å²) < 4.78 is 0. The van der Waals surface area contributed by atoms with E-state index in [0.29, 0.717) is 11.3 Å². The van der Waals surface area contributed by atoms with Crippen LogP contribution in [0.15, 0.2) is 35.4 Å².